The molecule has 6 heteroatoms. The Balaban J connectivity index is 1.75. The van der Waals surface area contributed by atoms with Crippen LogP contribution in [0.2, 0.25) is 0 Å². The molecule has 3 aromatic carbocycles. The standard InChI is InChI=1S/C24H23NO4S/c1-17-13-14-21(28-2)20(15-17)25-24(27)23(18-9-5-3-6-10-18)29-22(26)16-30-19-11-7-4-8-12-19/h3-15,23H,16H2,1-2H3,(H,25,27)/t23-/m0/s1. The molecule has 0 heterocycles. The third-order valence-electron chi connectivity index (χ3n) is 4.30. The lowest BCUT2D eigenvalue weighted by atomic mass is 10.1. The number of rotatable bonds is 8. The molecule has 0 aromatic heterocycles. The summed E-state index contributed by atoms with van der Waals surface area (Å²) in [5.74, 6) is -0.270. The van der Waals surface area contributed by atoms with Crippen molar-refractivity contribution >= 4 is 29.3 Å². The summed E-state index contributed by atoms with van der Waals surface area (Å²) < 4.78 is 10.9. The molecule has 30 heavy (non-hydrogen) atoms. The highest BCUT2D eigenvalue weighted by Gasteiger charge is 2.26. The van der Waals surface area contributed by atoms with Gasteiger partial charge in [-0.3, -0.25) is 9.59 Å². The second-order valence-electron chi connectivity index (χ2n) is 6.58. The number of thioether (sulfide) groups is 1. The first-order valence-corrected chi connectivity index (χ1v) is 10.4. The van der Waals surface area contributed by atoms with E-state index in [1.54, 1.807) is 30.3 Å². The molecular formula is C24H23NO4S. The number of methoxy groups -OCH3 is 1. The van der Waals surface area contributed by atoms with E-state index in [9.17, 15) is 9.59 Å². The van der Waals surface area contributed by atoms with Crippen molar-refractivity contribution < 1.29 is 19.1 Å². The predicted molar refractivity (Wildman–Crippen MR) is 119 cm³/mol. The molecule has 0 spiro atoms. The minimum Gasteiger partial charge on any atom is -0.495 e. The lowest BCUT2D eigenvalue weighted by Crippen LogP contribution is -2.26. The van der Waals surface area contributed by atoms with Gasteiger partial charge in [0.15, 0.2) is 0 Å². The Kier molecular flexibility index (Phi) is 7.51. The van der Waals surface area contributed by atoms with Gasteiger partial charge >= 0.3 is 5.97 Å². The van der Waals surface area contributed by atoms with E-state index in [0.29, 0.717) is 17.0 Å². The monoisotopic (exact) mass is 421 g/mol. The number of carbonyl (C=O) groups is 2. The van der Waals surface area contributed by atoms with E-state index in [1.807, 2.05) is 55.5 Å². The SMILES string of the molecule is COc1ccc(C)cc1NC(=O)[C@@H](OC(=O)CSc1ccccc1)c1ccccc1. The van der Waals surface area contributed by atoms with Crippen LogP contribution in [0.1, 0.15) is 17.2 Å². The van der Waals surface area contributed by atoms with Crippen LogP contribution in [0.15, 0.2) is 83.8 Å². The maximum Gasteiger partial charge on any atom is 0.317 e. The van der Waals surface area contributed by atoms with Gasteiger partial charge in [0.25, 0.3) is 5.91 Å². The minimum atomic E-state index is -1.07. The Hall–Kier alpha value is -3.25. The number of benzene rings is 3. The van der Waals surface area contributed by atoms with Crippen molar-refractivity contribution in [3.63, 3.8) is 0 Å². The summed E-state index contributed by atoms with van der Waals surface area (Å²) in [5, 5.41) is 2.83. The summed E-state index contributed by atoms with van der Waals surface area (Å²) in [4.78, 5) is 26.5. The van der Waals surface area contributed by atoms with Gasteiger partial charge in [0.05, 0.1) is 18.6 Å². The minimum absolute atomic E-state index is 0.106. The van der Waals surface area contributed by atoms with Crippen LogP contribution < -0.4 is 10.1 Å². The Morgan fingerprint density at radius 2 is 1.63 bits per heavy atom. The number of carbonyl (C=O) groups excluding carboxylic acids is 2. The van der Waals surface area contributed by atoms with Crippen LogP contribution in [0, 0.1) is 6.92 Å². The van der Waals surface area contributed by atoms with Gasteiger partial charge in [0.1, 0.15) is 5.75 Å². The largest absolute Gasteiger partial charge is 0.495 e. The van der Waals surface area contributed by atoms with Crippen molar-refractivity contribution in [2.75, 3.05) is 18.2 Å². The van der Waals surface area contributed by atoms with E-state index >= 15 is 0 Å². The van der Waals surface area contributed by atoms with Gasteiger partial charge in [0.2, 0.25) is 6.10 Å². The number of aryl methyl sites for hydroxylation is 1. The molecular weight excluding hydrogens is 398 g/mol. The Bertz CT molecular complexity index is 993. The van der Waals surface area contributed by atoms with Crippen LogP contribution in [0.4, 0.5) is 5.69 Å². The van der Waals surface area contributed by atoms with Crippen molar-refractivity contribution in [1.29, 1.82) is 0 Å². The topological polar surface area (TPSA) is 64.6 Å². The van der Waals surface area contributed by atoms with Crippen LogP contribution in [0.3, 0.4) is 0 Å². The van der Waals surface area contributed by atoms with Crippen LogP contribution in [0.25, 0.3) is 0 Å². The van der Waals surface area contributed by atoms with E-state index < -0.39 is 18.0 Å². The Labute approximate surface area is 180 Å². The Morgan fingerprint density at radius 1 is 0.967 bits per heavy atom. The molecule has 0 unspecified atom stereocenters. The van der Waals surface area contributed by atoms with Crippen LogP contribution in [-0.2, 0) is 14.3 Å². The van der Waals surface area contributed by atoms with E-state index in [4.69, 9.17) is 9.47 Å². The molecule has 154 valence electrons. The molecule has 3 aromatic rings. The fraction of sp³-hybridized carbons (Fsp3) is 0.167. The summed E-state index contributed by atoms with van der Waals surface area (Å²) in [6.07, 6.45) is -1.07. The first kappa shape index (κ1) is 21.5. The summed E-state index contributed by atoms with van der Waals surface area (Å²) in [6.45, 7) is 1.92. The molecule has 0 fully saturated rings. The summed E-state index contributed by atoms with van der Waals surface area (Å²) in [5.41, 5.74) is 2.09. The van der Waals surface area contributed by atoms with Gasteiger partial charge < -0.3 is 14.8 Å². The van der Waals surface area contributed by atoms with Gasteiger partial charge in [-0.1, -0.05) is 54.6 Å². The van der Waals surface area contributed by atoms with E-state index in [2.05, 4.69) is 5.32 Å². The summed E-state index contributed by atoms with van der Waals surface area (Å²) in [7, 11) is 1.54. The lowest BCUT2D eigenvalue weighted by molar-refractivity contribution is -0.152. The number of anilines is 1. The first-order valence-electron chi connectivity index (χ1n) is 9.44. The predicted octanol–water partition coefficient (Wildman–Crippen LogP) is 5.02. The van der Waals surface area contributed by atoms with Crippen molar-refractivity contribution in [1.82, 2.24) is 0 Å². The number of ether oxygens (including phenoxy) is 2. The normalized spacial score (nSPS) is 11.4. The quantitative estimate of drug-likeness (QED) is 0.409. The third kappa shape index (κ3) is 5.87. The lowest BCUT2D eigenvalue weighted by Gasteiger charge is -2.19. The molecule has 1 N–H and O–H groups in total. The number of hydrogen-bond donors (Lipinski definition) is 1. The molecule has 0 aliphatic carbocycles. The second kappa shape index (κ2) is 10.5. The second-order valence-corrected chi connectivity index (χ2v) is 7.62. The molecule has 0 saturated heterocycles. The zero-order valence-corrected chi connectivity index (χ0v) is 17.6. The number of esters is 1. The molecule has 0 aliphatic heterocycles. The highest BCUT2D eigenvalue weighted by Crippen LogP contribution is 2.28. The van der Waals surface area contributed by atoms with Crippen molar-refractivity contribution in [3.8, 4) is 5.75 Å². The number of hydrogen-bond acceptors (Lipinski definition) is 5. The van der Waals surface area contributed by atoms with Gasteiger partial charge in [-0.2, -0.15) is 0 Å². The third-order valence-corrected chi connectivity index (χ3v) is 5.29. The molecule has 1 amide bonds. The average molecular weight is 422 g/mol. The fourth-order valence-corrected chi connectivity index (χ4v) is 3.55. The number of nitrogens with one attached hydrogen (secondary N) is 1. The van der Waals surface area contributed by atoms with Crippen LogP contribution in [0.5, 0.6) is 5.75 Å². The molecule has 5 nitrogen and oxygen atoms in total. The maximum atomic E-state index is 13.1. The van der Waals surface area contributed by atoms with Crippen molar-refractivity contribution in [2.45, 2.75) is 17.9 Å². The average Bonchev–Trinajstić information content (AvgIpc) is 2.77. The highest BCUT2D eigenvalue weighted by molar-refractivity contribution is 8.00. The molecule has 0 aliphatic rings. The Morgan fingerprint density at radius 3 is 2.30 bits per heavy atom. The zero-order chi connectivity index (χ0) is 21.3. The van der Waals surface area contributed by atoms with E-state index in [0.717, 1.165) is 10.5 Å². The van der Waals surface area contributed by atoms with E-state index in [1.165, 1.54) is 18.9 Å². The van der Waals surface area contributed by atoms with Gasteiger partial charge in [-0.25, -0.2) is 0 Å². The molecule has 0 radical (unpaired) electrons. The summed E-state index contributed by atoms with van der Waals surface area (Å²) in [6, 6.07) is 24.0. The van der Waals surface area contributed by atoms with Gasteiger partial charge in [-0.05, 0) is 36.8 Å². The number of amides is 1. The maximum absolute atomic E-state index is 13.1. The van der Waals surface area contributed by atoms with E-state index in [-0.39, 0.29) is 5.75 Å². The fourth-order valence-electron chi connectivity index (χ4n) is 2.84. The molecule has 0 bridgehead atoms. The smallest absolute Gasteiger partial charge is 0.317 e. The molecule has 3 rings (SSSR count). The molecule has 0 saturated carbocycles. The summed E-state index contributed by atoms with van der Waals surface area (Å²) >= 11 is 1.36. The van der Waals surface area contributed by atoms with Gasteiger partial charge in [0, 0.05) is 10.5 Å². The molecule has 1 atom stereocenters. The van der Waals surface area contributed by atoms with Crippen molar-refractivity contribution in [3.05, 3.63) is 90.0 Å². The highest BCUT2D eigenvalue weighted by atomic mass is 32.2. The van der Waals surface area contributed by atoms with Crippen LogP contribution >= 0.6 is 11.8 Å². The first-order chi connectivity index (χ1) is 14.6. The van der Waals surface area contributed by atoms with Crippen LogP contribution in [-0.4, -0.2) is 24.7 Å². The van der Waals surface area contributed by atoms with Gasteiger partial charge in [-0.15, -0.1) is 11.8 Å². The van der Waals surface area contributed by atoms with Crippen molar-refractivity contribution in [2.24, 2.45) is 0 Å². The zero-order valence-electron chi connectivity index (χ0n) is 16.8.